The van der Waals surface area contributed by atoms with E-state index in [4.69, 9.17) is 14.5 Å². The Kier molecular flexibility index (Phi) is 10.5. The number of nitrogens with one attached hydrogen (secondary N) is 2. The number of esters is 1. The molecule has 9 nitrogen and oxygen atoms in total. The molecule has 0 aliphatic carbocycles. The van der Waals surface area contributed by atoms with E-state index >= 15 is 0 Å². The molecule has 2 atom stereocenters. The van der Waals surface area contributed by atoms with Crippen LogP contribution in [0.25, 0.3) is 0 Å². The fraction of sp³-hybridized carbons (Fsp3) is 0.438. The summed E-state index contributed by atoms with van der Waals surface area (Å²) in [7, 11) is 0. The van der Waals surface area contributed by atoms with Crippen LogP contribution in [0.2, 0.25) is 0 Å². The number of ether oxygens (including phenoxy) is 2. The van der Waals surface area contributed by atoms with Gasteiger partial charge in [-0.3, -0.25) is 0 Å². The molecule has 43 heavy (non-hydrogen) atoms. The van der Waals surface area contributed by atoms with Crippen molar-refractivity contribution < 1.29 is 23.5 Å². The van der Waals surface area contributed by atoms with Crippen LogP contribution in [0.5, 0.6) is 0 Å². The number of alkyl carbamates (subject to hydrolysis) is 1. The highest BCUT2D eigenvalue weighted by Crippen LogP contribution is 2.35. The summed E-state index contributed by atoms with van der Waals surface area (Å²) in [5, 5.41) is 5.82. The molecule has 3 aromatic rings. The second-order valence-corrected chi connectivity index (χ2v) is 12.5. The Morgan fingerprint density at radius 2 is 1.86 bits per heavy atom. The summed E-state index contributed by atoms with van der Waals surface area (Å²) >= 11 is 1.56. The molecule has 1 aliphatic heterocycles. The number of thioether (sulfide) groups is 1. The fourth-order valence-electron chi connectivity index (χ4n) is 4.92. The predicted molar refractivity (Wildman–Crippen MR) is 168 cm³/mol. The van der Waals surface area contributed by atoms with Crippen molar-refractivity contribution in [3.8, 4) is 0 Å². The Morgan fingerprint density at radius 3 is 2.56 bits per heavy atom. The molecule has 11 heteroatoms. The van der Waals surface area contributed by atoms with Crippen LogP contribution in [0.1, 0.15) is 62.5 Å². The minimum Gasteiger partial charge on any atom is -0.458 e. The Balaban J connectivity index is 1.61. The molecule has 230 valence electrons. The quantitative estimate of drug-likeness (QED) is 0.250. The first-order valence-corrected chi connectivity index (χ1v) is 15.7. The van der Waals surface area contributed by atoms with Crippen LogP contribution < -0.4 is 15.5 Å². The highest BCUT2D eigenvalue weighted by atomic mass is 32.2. The number of carbonyl (C=O) groups excluding carboxylic acids is 2. The molecule has 2 heterocycles. The summed E-state index contributed by atoms with van der Waals surface area (Å²) in [5.74, 6) is 0.744. The molecule has 0 spiro atoms. The average Bonchev–Trinajstić information content (AvgIpc) is 2.96. The zero-order chi connectivity index (χ0) is 31.1. The van der Waals surface area contributed by atoms with Crippen molar-refractivity contribution >= 4 is 41.3 Å². The summed E-state index contributed by atoms with van der Waals surface area (Å²) < 4.78 is 24.6. The Labute approximate surface area is 257 Å². The van der Waals surface area contributed by atoms with Crippen molar-refractivity contribution in [3.63, 3.8) is 0 Å². The Morgan fingerprint density at radius 1 is 1.14 bits per heavy atom. The highest BCUT2D eigenvalue weighted by molar-refractivity contribution is 7.98. The van der Waals surface area contributed by atoms with Crippen molar-refractivity contribution in [1.82, 2.24) is 15.3 Å². The molecule has 1 amide bonds. The van der Waals surface area contributed by atoms with Gasteiger partial charge < -0.3 is 25.0 Å². The minimum absolute atomic E-state index is 0.0570. The van der Waals surface area contributed by atoms with Crippen molar-refractivity contribution in [1.29, 1.82) is 0 Å². The van der Waals surface area contributed by atoms with Crippen molar-refractivity contribution in [2.75, 3.05) is 28.8 Å². The summed E-state index contributed by atoms with van der Waals surface area (Å²) in [5.41, 5.74) is 3.77. The molecule has 2 unspecified atom stereocenters. The Bertz CT molecular complexity index is 1430. The van der Waals surface area contributed by atoms with Crippen LogP contribution in [0.4, 0.5) is 26.6 Å². The standard InChI is InChI=1S/C32H40FN5O4S/c1-20-27(19-41-29(39)26(16-18-43-6)36-31(40)42-32(3,4)5)35-30(34-24-13-11-23(33)12-14-24)37-28(20)38-17-15-22-9-7-8-10-25(22)21(38)2/h7-14,21,26H,15-19H2,1-6H3,(H,36,40)(H,34,35,37). The van der Waals surface area contributed by atoms with Gasteiger partial charge >= 0.3 is 12.1 Å². The number of aromatic nitrogens is 2. The van der Waals surface area contributed by atoms with Gasteiger partial charge in [-0.05, 0) is 94.9 Å². The van der Waals surface area contributed by atoms with Gasteiger partial charge in [-0.25, -0.2) is 19.0 Å². The van der Waals surface area contributed by atoms with Gasteiger partial charge in [0.1, 0.15) is 29.9 Å². The number of benzene rings is 2. The van der Waals surface area contributed by atoms with E-state index in [0.717, 1.165) is 24.3 Å². The lowest BCUT2D eigenvalue weighted by Crippen LogP contribution is -2.44. The van der Waals surface area contributed by atoms with Gasteiger partial charge in [0.25, 0.3) is 0 Å². The van der Waals surface area contributed by atoms with Crippen LogP contribution in [0, 0.1) is 12.7 Å². The molecule has 2 N–H and O–H groups in total. The number of hydrogen-bond acceptors (Lipinski definition) is 9. The molecule has 2 aromatic carbocycles. The van der Waals surface area contributed by atoms with Crippen LogP contribution in [-0.2, 0) is 27.3 Å². The number of carbonyl (C=O) groups is 2. The van der Waals surface area contributed by atoms with Crippen LogP contribution in [0.15, 0.2) is 48.5 Å². The lowest BCUT2D eigenvalue weighted by atomic mass is 9.93. The zero-order valence-corrected chi connectivity index (χ0v) is 26.4. The van der Waals surface area contributed by atoms with E-state index in [1.807, 2.05) is 19.2 Å². The molecule has 1 aromatic heterocycles. The van der Waals surface area contributed by atoms with Gasteiger partial charge in [-0.15, -0.1) is 0 Å². The number of rotatable bonds is 10. The normalized spacial score (nSPS) is 15.3. The second-order valence-electron chi connectivity index (χ2n) is 11.5. The van der Waals surface area contributed by atoms with E-state index < -0.39 is 23.7 Å². The smallest absolute Gasteiger partial charge is 0.408 e. The summed E-state index contributed by atoms with van der Waals surface area (Å²) in [6.45, 7) is 9.97. The number of amides is 1. The third kappa shape index (κ3) is 8.59. The minimum atomic E-state index is -0.876. The molecule has 0 radical (unpaired) electrons. The van der Waals surface area contributed by atoms with Crippen molar-refractivity contribution in [3.05, 3.63) is 76.7 Å². The van der Waals surface area contributed by atoms with Crippen LogP contribution in [-0.4, -0.2) is 52.2 Å². The predicted octanol–water partition coefficient (Wildman–Crippen LogP) is 6.48. The lowest BCUT2D eigenvalue weighted by Gasteiger charge is -2.37. The topological polar surface area (TPSA) is 106 Å². The largest absolute Gasteiger partial charge is 0.458 e. The van der Waals surface area contributed by atoms with Gasteiger partial charge in [-0.2, -0.15) is 16.7 Å². The molecule has 0 saturated heterocycles. The van der Waals surface area contributed by atoms with Crippen LogP contribution in [0.3, 0.4) is 0 Å². The first-order valence-electron chi connectivity index (χ1n) is 14.3. The maximum atomic E-state index is 13.5. The molecular formula is C32H40FN5O4S. The van der Waals surface area contributed by atoms with E-state index in [9.17, 15) is 14.0 Å². The maximum absolute atomic E-state index is 13.5. The van der Waals surface area contributed by atoms with Gasteiger partial charge in [0.15, 0.2) is 0 Å². The van der Waals surface area contributed by atoms with Gasteiger partial charge in [0.05, 0.1) is 11.7 Å². The van der Waals surface area contributed by atoms with E-state index in [1.165, 1.54) is 23.3 Å². The monoisotopic (exact) mass is 609 g/mol. The average molecular weight is 610 g/mol. The third-order valence-electron chi connectivity index (χ3n) is 7.13. The number of nitrogens with zero attached hydrogens (tertiary/aromatic N) is 3. The summed E-state index contributed by atoms with van der Waals surface area (Å²) in [6, 6.07) is 13.5. The summed E-state index contributed by atoms with van der Waals surface area (Å²) in [4.78, 5) is 37.4. The fourth-order valence-corrected chi connectivity index (χ4v) is 5.40. The molecule has 0 fully saturated rings. The zero-order valence-electron chi connectivity index (χ0n) is 25.6. The first-order chi connectivity index (χ1) is 20.4. The first kappa shape index (κ1) is 32.1. The second kappa shape index (κ2) is 14.1. The van der Waals surface area contributed by atoms with Crippen molar-refractivity contribution in [2.45, 2.75) is 71.8 Å². The van der Waals surface area contributed by atoms with E-state index in [1.54, 1.807) is 44.7 Å². The molecule has 1 aliphatic rings. The number of fused-ring (bicyclic) bond motifs is 1. The van der Waals surface area contributed by atoms with E-state index in [-0.39, 0.29) is 18.5 Å². The van der Waals surface area contributed by atoms with Crippen molar-refractivity contribution in [2.24, 2.45) is 0 Å². The summed E-state index contributed by atoms with van der Waals surface area (Å²) in [6.07, 6.45) is 2.50. The highest BCUT2D eigenvalue weighted by Gasteiger charge is 2.29. The molecule has 4 rings (SSSR count). The third-order valence-corrected chi connectivity index (χ3v) is 7.77. The number of halogens is 1. The molecule has 0 saturated carbocycles. The SMILES string of the molecule is CSCCC(NC(=O)OC(C)(C)C)C(=O)OCc1nc(Nc2ccc(F)cc2)nc(N2CCc3ccccc3C2C)c1C. The number of anilines is 3. The van der Waals surface area contributed by atoms with E-state index in [0.29, 0.717) is 29.5 Å². The lowest BCUT2D eigenvalue weighted by molar-refractivity contribution is -0.147. The number of hydrogen-bond donors (Lipinski definition) is 2. The maximum Gasteiger partial charge on any atom is 0.408 e. The van der Waals surface area contributed by atoms with Gasteiger partial charge in [-0.1, -0.05) is 24.3 Å². The Hall–Kier alpha value is -3.86. The molecule has 0 bridgehead atoms. The van der Waals surface area contributed by atoms with Crippen LogP contribution >= 0.6 is 11.8 Å². The van der Waals surface area contributed by atoms with Gasteiger partial charge in [0, 0.05) is 17.8 Å². The molecular weight excluding hydrogens is 569 g/mol. The van der Waals surface area contributed by atoms with E-state index in [2.05, 4.69) is 45.6 Å². The van der Waals surface area contributed by atoms with Gasteiger partial charge in [0.2, 0.25) is 5.95 Å².